The Hall–Kier alpha value is -1.93. The van der Waals surface area contributed by atoms with Crippen molar-refractivity contribution in [3.05, 3.63) is 30.1 Å². The Bertz CT molecular complexity index is 770. The number of nitrogens with zero attached hydrogens (tertiary/aromatic N) is 3. The molecule has 1 aliphatic heterocycles. The van der Waals surface area contributed by atoms with Crippen LogP contribution in [-0.2, 0) is 16.1 Å². The first kappa shape index (κ1) is 17.5. The van der Waals surface area contributed by atoms with E-state index in [2.05, 4.69) is 15.5 Å². The number of rotatable bonds is 7. The Balaban J connectivity index is 1.53. The summed E-state index contributed by atoms with van der Waals surface area (Å²) in [6.45, 7) is 1.40. The van der Waals surface area contributed by atoms with E-state index in [1.807, 2.05) is 4.57 Å². The van der Waals surface area contributed by atoms with Crippen molar-refractivity contribution in [2.24, 2.45) is 0 Å². The van der Waals surface area contributed by atoms with Gasteiger partial charge in [-0.15, -0.1) is 10.2 Å². The van der Waals surface area contributed by atoms with Crippen LogP contribution in [-0.4, -0.2) is 45.2 Å². The average Bonchev–Trinajstić information content (AvgIpc) is 3.14. The van der Waals surface area contributed by atoms with E-state index in [0.717, 1.165) is 37.9 Å². The first-order valence-corrected chi connectivity index (χ1v) is 9.90. The summed E-state index contributed by atoms with van der Waals surface area (Å²) in [5, 5.41) is 12.2. The van der Waals surface area contributed by atoms with E-state index in [1.165, 1.54) is 23.9 Å². The summed E-state index contributed by atoms with van der Waals surface area (Å²) < 4.78 is 21.0. The third-order valence-corrected chi connectivity index (χ3v) is 5.47. The highest BCUT2D eigenvalue weighted by molar-refractivity contribution is 7.99. The molecule has 1 amide bonds. The normalized spacial score (nSPS) is 19.7. The van der Waals surface area contributed by atoms with Gasteiger partial charge in [0.2, 0.25) is 5.91 Å². The predicted octanol–water partition coefficient (Wildman–Crippen LogP) is 2.63. The lowest BCUT2D eigenvalue weighted by molar-refractivity contribution is -0.118. The molecule has 138 valence electrons. The molecule has 4 rings (SSSR count). The number of hydrogen-bond donors (Lipinski definition) is 1. The molecule has 1 saturated heterocycles. The average molecular weight is 376 g/mol. The first-order valence-electron chi connectivity index (χ1n) is 8.92. The van der Waals surface area contributed by atoms with Gasteiger partial charge in [-0.1, -0.05) is 11.8 Å². The molecule has 8 heteroatoms. The van der Waals surface area contributed by atoms with Crippen LogP contribution in [0.3, 0.4) is 0 Å². The van der Waals surface area contributed by atoms with Crippen LogP contribution in [0.25, 0.3) is 11.4 Å². The van der Waals surface area contributed by atoms with E-state index < -0.39 is 0 Å². The summed E-state index contributed by atoms with van der Waals surface area (Å²) in [6.07, 6.45) is 4.30. The minimum Gasteiger partial charge on any atom is -0.376 e. The monoisotopic (exact) mass is 376 g/mol. The van der Waals surface area contributed by atoms with Gasteiger partial charge in [0.1, 0.15) is 5.82 Å². The Morgan fingerprint density at radius 1 is 1.27 bits per heavy atom. The lowest BCUT2D eigenvalue weighted by Crippen LogP contribution is -2.27. The van der Waals surface area contributed by atoms with Crippen molar-refractivity contribution in [2.45, 2.75) is 49.5 Å². The zero-order valence-corrected chi connectivity index (χ0v) is 15.2. The largest absolute Gasteiger partial charge is 0.376 e. The fourth-order valence-corrected chi connectivity index (χ4v) is 3.75. The van der Waals surface area contributed by atoms with Crippen LogP contribution in [0.5, 0.6) is 0 Å². The second-order valence-corrected chi connectivity index (χ2v) is 7.63. The van der Waals surface area contributed by atoms with Gasteiger partial charge >= 0.3 is 0 Å². The van der Waals surface area contributed by atoms with Crippen LogP contribution in [0.1, 0.15) is 25.7 Å². The van der Waals surface area contributed by atoms with E-state index in [-0.39, 0.29) is 17.8 Å². The first-order chi connectivity index (χ1) is 12.7. The van der Waals surface area contributed by atoms with E-state index in [9.17, 15) is 9.18 Å². The third-order valence-electron chi connectivity index (χ3n) is 4.50. The SMILES string of the molecule is O=C(CSc1nnc(-c2ccc(F)cc2)n1CC1CCCO1)NC1CC1. The van der Waals surface area contributed by atoms with Gasteiger partial charge < -0.3 is 10.1 Å². The zero-order valence-electron chi connectivity index (χ0n) is 14.4. The van der Waals surface area contributed by atoms with Crippen LogP contribution in [0.2, 0.25) is 0 Å². The molecule has 1 aromatic carbocycles. The number of hydrogen-bond acceptors (Lipinski definition) is 5. The van der Waals surface area contributed by atoms with Crippen molar-refractivity contribution in [1.82, 2.24) is 20.1 Å². The van der Waals surface area contributed by atoms with Gasteiger partial charge in [-0.2, -0.15) is 0 Å². The highest BCUT2D eigenvalue weighted by Gasteiger charge is 2.25. The van der Waals surface area contributed by atoms with Crippen molar-refractivity contribution in [3.8, 4) is 11.4 Å². The summed E-state index contributed by atoms with van der Waals surface area (Å²) in [5.74, 6) is 0.715. The van der Waals surface area contributed by atoms with Crippen molar-refractivity contribution >= 4 is 17.7 Å². The van der Waals surface area contributed by atoms with Gasteiger partial charge in [0.15, 0.2) is 11.0 Å². The molecule has 1 unspecified atom stereocenters. The second kappa shape index (κ2) is 7.75. The van der Waals surface area contributed by atoms with E-state index in [0.29, 0.717) is 29.3 Å². The van der Waals surface area contributed by atoms with Gasteiger partial charge in [0, 0.05) is 18.2 Å². The quantitative estimate of drug-likeness (QED) is 0.753. The number of benzene rings is 1. The van der Waals surface area contributed by atoms with Crippen molar-refractivity contribution in [2.75, 3.05) is 12.4 Å². The lowest BCUT2D eigenvalue weighted by atomic mass is 10.2. The molecule has 1 N–H and O–H groups in total. The number of carbonyl (C=O) groups is 1. The molecule has 2 aliphatic rings. The van der Waals surface area contributed by atoms with Gasteiger partial charge in [-0.3, -0.25) is 9.36 Å². The maximum atomic E-state index is 13.2. The number of aromatic nitrogens is 3. The second-order valence-electron chi connectivity index (χ2n) is 6.69. The number of nitrogens with one attached hydrogen (secondary N) is 1. The molecule has 0 bridgehead atoms. The minimum atomic E-state index is -0.287. The van der Waals surface area contributed by atoms with Gasteiger partial charge in [0.05, 0.1) is 18.4 Å². The van der Waals surface area contributed by atoms with Crippen molar-refractivity contribution < 1.29 is 13.9 Å². The van der Waals surface area contributed by atoms with Gasteiger partial charge in [0.25, 0.3) is 0 Å². The standard InChI is InChI=1S/C18H21FN4O2S/c19-13-5-3-12(4-6-13)17-21-22-18(23(17)10-15-2-1-9-25-15)26-11-16(24)20-14-7-8-14/h3-6,14-15H,1-2,7-11H2,(H,20,24). The Kier molecular flexibility index (Phi) is 5.21. The van der Waals surface area contributed by atoms with Crippen LogP contribution in [0, 0.1) is 5.82 Å². The molecule has 0 spiro atoms. The highest BCUT2D eigenvalue weighted by Crippen LogP contribution is 2.27. The molecule has 1 atom stereocenters. The van der Waals surface area contributed by atoms with E-state index in [1.54, 1.807) is 12.1 Å². The number of carbonyl (C=O) groups excluding carboxylic acids is 1. The maximum absolute atomic E-state index is 13.2. The Labute approximate surface area is 155 Å². The number of ether oxygens (including phenoxy) is 1. The predicted molar refractivity (Wildman–Crippen MR) is 96.3 cm³/mol. The molecular weight excluding hydrogens is 355 g/mol. The fraction of sp³-hybridized carbons (Fsp3) is 0.500. The van der Waals surface area contributed by atoms with Crippen LogP contribution in [0.4, 0.5) is 4.39 Å². The number of halogens is 1. The number of thioether (sulfide) groups is 1. The highest BCUT2D eigenvalue weighted by atomic mass is 32.2. The molecular formula is C18H21FN4O2S. The van der Waals surface area contributed by atoms with Gasteiger partial charge in [-0.05, 0) is 49.9 Å². The molecule has 2 aromatic rings. The Morgan fingerprint density at radius 2 is 2.08 bits per heavy atom. The molecule has 0 radical (unpaired) electrons. The minimum absolute atomic E-state index is 0.0208. The fourth-order valence-electron chi connectivity index (χ4n) is 2.99. The van der Waals surface area contributed by atoms with E-state index >= 15 is 0 Å². The molecule has 2 fully saturated rings. The summed E-state index contributed by atoms with van der Waals surface area (Å²) >= 11 is 1.37. The van der Waals surface area contributed by atoms with Crippen molar-refractivity contribution in [3.63, 3.8) is 0 Å². The molecule has 6 nitrogen and oxygen atoms in total. The molecule has 1 aliphatic carbocycles. The summed E-state index contributed by atoms with van der Waals surface area (Å²) in [4.78, 5) is 12.0. The zero-order chi connectivity index (χ0) is 17.9. The lowest BCUT2D eigenvalue weighted by Gasteiger charge is -2.14. The molecule has 1 saturated carbocycles. The van der Waals surface area contributed by atoms with Gasteiger partial charge in [-0.25, -0.2) is 4.39 Å². The maximum Gasteiger partial charge on any atom is 0.230 e. The van der Waals surface area contributed by atoms with E-state index in [4.69, 9.17) is 4.74 Å². The van der Waals surface area contributed by atoms with Crippen LogP contribution in [0.15, 0.2) is 29.4 Å². The van der Waals surface area contributed by atoms with Crippen LogP contribution < -0.4 is 5.32 Å². The van der Waals surface area contributed by atoms with Crippen molar-refractivity contribution in [1.29, 1.82) is 0 Å². The Morgan fingerprint density at radius 3 is 2.77 bits per heavy atom. The molecule has 2 heterocycles. The smallest absolute Gasteiger partial charge is 0.230 e. The molecule has 1 aromatic heterocycles. The molecule has 26 heavy (non-hydrogen) atoms. The summed E-state index contributed by atoms with van der Waals surface area (Å²) in [7, 11) is 0. The summed E-state index contributed by atoms with van der Waals surface area (Å²) in [5.41, 5.74) is 0.797. The number of amides is 1. The third kappa shape index (κ3) is 4.24. The topological polar surface area (TPSA) is 69.0 Å². The van der Waals surface area contributed by atoms with Crippen LogP contribution >= 0.6 is 11.8 Å². The summed E-state index contributed by atoms with van der Waals surface area (Å²) in [6, 6.07) is 6.56.